The van der Waals surface area contributed by atoms with Gasteiger partial charge in [-0.25, -0.2) is 17.5 Å². The molecule has 2 atom stereocenters. The molecule has 0 saturated heterocycles. The van der Waals surface area contributed by atoms with E-state index >= 15 is 0 Å². The summed E-state index contributed by atoms with van der Waals surface area (Å²) in [4.78, 5) is 0.0585. The van der Waals surface area contributed by atoms with Gasteiger partial charge in [-0.15, -0.1) is 0 Å². The lowest BCUT2D eigenvalue weighted by atomic mass is 10.2. The standard InChI is InChI=1S/C12H17FN2O2S/c1-3-8-5-11(8)15-18(16,17)12-6-10(14)9(13)4-7(12)2/h4,6,8,11,15H,3,5,14H2,1-2H3. The number of hydrogen-bond acceptors (Lipinski definition) is 3. The van der Waals surface area contributed by atoms with Crippen LogP contribution < -0.4 is 10.5 Å². The summed E-state index contributed by atoms with van der Waals surface area (Å²) < 4.78 is 40.1. The van der Waals surface area contributed by atoms with Gasteiger partial charge in [0.05, 0.1) is 10.6 Å². The number of benzene rings is 1. The minimum absolute atomic E-state index is 0.00526. The number of nitrogen functional groups attached to an aromatic ring is 1. The number of aryl methyl sites for hydroxylation is 1. The molecule has 6 heteroatoms. The quantitative estimate of drug-likeness (QED) is 0.821. The summed E-state index contributed by atoms with van der Waals surface area (Å²) in [5, 5.41) is 0. The van der Waals surface area contributed by atoms with Crippen LogP contribution in [0.5, 0.6) is 0 Å². The Balaban J connectivity index is 2.27. The highest BCUT2D eigenvalue weighted by molar-refractivity contribution is 7.89. The summed E-state index contributed by atoms with van der Waals surface area (Å²) in [5.41, 5.74) is 5.63. The van der Waals surface area contributed by atoms with E-state index in [4.69, 9.17) is 5.73 Å². The smallest absolute Gasteiger partial charge is 0.241 e. The maximum atomic E-state index is 13.2. The average molecular weight is 272 g/mol. The fourth-order valence-electron chi connectivity index (χ4n) is 2.06. The van der Waals surface area contributed by atoms with Crippen molar-refractivity contribution in [2.24, 2.45) is 5.92 Å². The van der Waals surface area contributed by atoms with Gasteiger partial charge < -0.3 is 5.73 Å². The molecule has 2 rings (SSSR count). The van der Waals surface area contributed by atoms with E-state index in [0.29, 0.717) is 11.5 Å². The van der Waals surface area contributed by atoms with Crippen LogP contribution in [0.1, 0.15) is 25.3 Å². The van der Waals surface area contributed by atoms with Gasteiger partial charge in [0.1, 0.15) is 5.82 Å². The SMILES string of the molecule is CCC1CC1NS(=O)(=O)c1cc(N)c(F)cc1C. The Bertz CT molecular complexity index is 572. The Labute approximate surface area is 106 Å². The molecule has 1 aliphatic carbocycles. The summed E-state index contributed by atoms with van der Waals surface area (Å²) >= 11 is 0. The molecule has 0 aromatic heterocycles. The van der Waals surface area contributed by atoms with Crippen LogP contribution >= 0.6 is 0 Å². The van der Waals surface area contributed by atoms with Crippen LogP contribution in [0.4, 0.5) is 10.1 Å². The van der Waals surface area contributed by atoms with E-state index in [9.17, 15) is 12.8 Å². The van der Waals surface area contributed by atoms with Gasteiger partial charge in [0.25, 0.3) is 0 Å². The third-order valence-corrected chi connectivity index (χ3v) is 4.97. The Morgan fingerprint density at radius 3 is 2.72 bits per heavy atom. The van der Waals surface area contributed by atoms with E-state index in [0.717, 1.165) is 18.9 Å². The maximum Gasteiger partial charge on any atom is 0.241 e. The third-order valence-electron chi connectivity index (χ3n) is 3.34. The zero-order valence-corrected chi connectivity index (χ0v) is 11.2. The molecule has 1 aliphatic rings. The van der Waals surface area contributed by atoms with Gasteiger partial charge in [0.2, 0.25) is 10.0 Å². The molecule has 0 radical (unpaired) electrons. The molecule has 0 spiro atoms. The van der Waals surface area contributed by atoms with Crippen molar-refractivity contribution in [3.8, 4) is 0 Å². The van der Waals surface area contributed by atoms with Crippen molar-refractivity contribution >= 4 is 15.7 Å². The number of nitrogens with two attached hydrogens (primary N) is 1. The van der Waals surface area contributed by atoms with Crippen LogP contribution in [-0.4, -0.2) is 14.5 Å². The highest BCUT2D eigenvalue weighted by Gasteiger charge is 2.39. The van der Waals surface area contributed by atoms with Crippen molar-refractivity contribution in [2.45, 2.75) is 37.6 Å². The van der Waals surface area contributed by atoms with E-state index in [1.165, 1.54) is 6.07 Å². The second kappa shape index (κ2) is 4.51. The van der Waals surface area contributed by atoms with Gasteiger partial charge in [0, 0.05) is 6.04 Å². The van der Waals surface area contributed by atoms with Crippen LogP contribution in [0.3, 0.4) is 0 Å². The first-order valence-electron chi connectivity index (χ1n) is 5.93. The number of sulfonamides is 1. The predicted molar refractivity (Wildman–Crippen MR) is 68.1 cm³/mol. The van der Waals surface area contributed by atoms with Crippen LogP contribution in [0.15, 0.2) is 17.0 Å². The first-order valence-corrected chi connectivity index (χ1v) is 7.41. The molecule has 0 aliphatic heterocycles. The Hall–Kier alpha value is -1.14. The molecule has 3 N–H and O–H groups in total. The molecule has 18 heavy (non-hydrogen) atoms. The first kappa shape index (κ1) is 13.3. The number of hydrogen-bond donors (Lipinski definition) is 2. The van der Waals surface area contributed by atoms with Crippen LogP contribution in [0, 0.1) is 18.7 Å². The molecule has 1 aromatic carbocycles. The number of halogens is 1. The summed E-state index contributed by atoms with van der Waals surface area (Å²) in [7, 11) is -3.61. The molecule has 1 fully saturated rings. The normalized spacial score (nSPS) is 23.1. The van der Waals surface area contributed by atoms with Gasteiger partial charge in [0.15, 0.2) is 0 Å². The predicted octanol–water partition coefficient (Wildman–Crippen LogP) is 1.79. The van der Waals surface area contributed by atoms with E-state index in [-0.39, 0.29) is 16.6 Å². The van der Waals surface area contributed by atoms with Crippen molar-refractivity contribution in [3.05, 3.63) is 23.5 Å². The molecule has 2 unspecified atom stereocenters. The fourth-order valence-corrected chi connectivity index (χ4v) is 3.64. The number of nitrogens with one attached hydrogen (secondary N) is 1. The molecule has 1 aromatic rings. The lowest BCUT2D eigenvalue weighted by Crippen LogP contribution is -2.27. The summed E-state index contributed by atoms with van der Waals surface area (Å²) in [5.74, 6) is -0.179. The molecule has 0 heterocycles. The maximum absolute atomic E-state index is 13.2. The molecule has 4 nitrogen and oxygen atoms in total. The third kappa shape index (κ3) is 2.49. The minimum atomic E-state index is -3.61. The second-order valence-corrected chi connectivity index (χ2v) is 6.45. The summed E-state index contributed by atoms with van der Waals surface area (Å²) in [6.45, 7) is 3.58. The van der Waals surface area contributed by atoms with Gasteiger partial charge in [-0.2, -0.15) is 0 Å². The first-order chi connectivity index (χ1) is 8.35. The second-order valence-electron chi connectivity index (χ2n) is 4.77. The average Bonchev–Trinajstić information content (AvgIpc) is 3.00. The highest BCUT2D eigenvalue weighted by atomic mass is 32.2. The summed E-state index contributed by atoms with van der Waals surface area (Å²) in [6.07, 6.45) is 1.82. The zero-order valence-electron chi connectivity index (χ0n) is 10.4. The van der Waals surface area contributed by atoms with E-state index in [1.54, 1.807) is 6.92 Å². The van der Waals surface area contributed by atoms with E-state index in [1.807, 2.05) is 6.92 Å². The molecular formula is C12H17FN2O2S. The number of rotatable bonds is 4. The van der Waals surface area contributed by atoms with Crippen molar-refractivity contribution < 1.29 is 12.8 Å². The molecular weight excluding hydrogens is 255 g/mol. The van der Waals surface area contributed by atoms with Crippen LogP contribution in [0.25, 0.3) is 0 Å². The van der Waals surface area contributed by atoms with E-state index < -0.39 is 15.8 Å². The van der Waals surface area contributed by atoms with Gasteiger partial charge in [-0.1, -0.05) is 13.3 Å². The fraction of sp³-hybridized carbons (Fsp3) is 0.500. The van der Waals surface area contributed by atoms with Gasteiger partial charge >= 0.3 is 0 Å². The zero-order chi connectivity index (χ0) is 13.5. The highest BCUT2D eigenvalue weighted by Crippen LogP contribution is 2.35. The van der Waals surface area contributed by atoms with Crippen molar-refractivity contribution in [2.75, 3.05) is 5.73 Å². The Morgan fingerprint density at radius 2 is 2.17 bits per heavy atom. The van der Waals surface area contributed by atoms with Crippen LogP contribution in [0.2, 0.25) is 0 Å². The Morgan fingerprint density at radius 1 is 1.50 bits per heavy atom. The minimum Gasteiger partial charge on any atom is -0.396 e. The molecule has 1 saturated carbocycles. The van der Waals surface area contributed by atoms with Gasteiger partial charge in [-0.05, 0) is 37.0 Å². The Kier molecular flexibility index (Phi) is 3.33. The van der Waals surface area contributed by atoms with Crippen molar-refractivity contribution in [3.63, 3.8) is 0 Å². The topological polar surface area (TPSA) is 72.2 Å². The lowest BCUT2D eigenvalue weighted by Gasteiger charge is -2.10. The molecule has 100 valence electrons. The summed E-state index contributed by atoms with van der Waals surface area (Å²) in [6, 6.07) is 2.33. The molecule has 0 amide bonds. The lowest BCUT2D eigenvalue weighted by molar-refractivity contribution is 0.574. The van der Waals surface area contributed by atoms with Crippen molar-refractivity contribution in [1.82, 2.24) is 4.72 Å². The largest absolute Gasteiger partial charge is 0.396 e. The molecule has 0 bridgehead atoms. The van der Waals surface area contributed by atoms with Gasteiger partial charge in [-0.3, -0.25) is 0 Å². The van der Waals surface area contributed by atoms with E-state index in [2.05, 4.69) is 4.72 Å². The van der Waals surface area contributed by atoms with Crippen molar-refractivity contribution in [1.29, 1.82) is 0 Å². The number of anilines is 1. The van der Waals surface area contributed by atoms with Crippen LogP contribution in [-0.2, 0) is 10.0 Å². The monoisotopic (exact) mass is 272 g/mol.